The number of amides is 2. The van der Waals surface area contributed by atoms with Gasteiger partial charge in [-0.15, -0.1) is 0 Å². The summed E-state index contributed by atoms with van der Waals surface area (Å²) < 4.78 is 1.68. The molecule has 2 aliphatic heterocycles. The molecule has 2 N–H and O–H groups in total. The van der Waals surface area contributed by atoms with Crippen molar-refractivity contribution in [3.63, 3.8) is 0 Å². The van der Waals surface area contributed by atoms with E-state index in [4.69, 9.17) is 0 Å². The predicted octanol–water partition coefficient (Wildman–Crippen LogP) is 1.75. The lowest BCUT2D eigenvalue weighted by Gasteiger charge is -2.38. The normalized spacial score (nSPS) is 23.1. The number of rotatable bonds is 8. The van der Waals surface area contributed by atoms with Gasteiger partial charge < -0.3 is 24.8 Å². The Kier molecular flexibility index (Phi) is 7.52. The number of carbonyl (C=O) groups is 2. The Morgan fingerprint density at radius 1 is 1.17 bits per heavy atom. The highest BCUT2D eigenvalue weighted by Crippen LogP contribution is 2.48. The van der Waals surface area contributed by atoms with Gasteiger partial charge in [0.05, 0.1) is 18.0 Å². The van der Waals surface area contributed by atoms with Crippen LogP contribution in [0.3, 0.4) is 0 Å². The molecule has 0 aliphatic carbocycles. The Morgan fingerprint density at radius 2 is 1.91 bits per heavy atom. The number of fused-ring (bicyclic) bond motifs is 4. The summed E-state index contributed by atoms with van der Waals surface area (Å²) in [6.45, 7) is 3.18. The summed E-state index contributed by atoms with van der Waals surface area (Å²) in [7, 11) is 3.96. The van der Waals surface area contributed by atoms with E-state index in [-0.39, 0.29) is 30.5 Å². The minimum absolute atomic E-state index is 0.147. The number of nitrogens with zero attached hydrogens (tertiary/aromatic N) is 3. The summed E-state index contributed by atoms with van der Waals surface area (Å²) in [6.07, 6.45) is 4.36. The number of benzene rings is 1. The quantitative estimate of drug-likeness (QED) is 0.564. The Balaban J connectivity index is 1.76. The van der Waals surface area contributed by atoms with Gasteiger partial charge in [-0.2, -0.15) is 0 Å². The Labute approximate surface area is 205 Å². The second-order valence-electron chi connectivity index (χ2n) is 9.54. The van der Waals surface area contributed by atoms with Gasteiger partial charge in [-0.1, -0.05) is 30.4 Å². The molecule has 1 aromatic heterocycles. The topological polar surface area (TPSA) is 94.9 Å². The number of hydrogen-bond donors (Lipinski definition) is 2. The highest BCUT2D eigenvalue weighted by atomic mass is 16.3. The standard InChI is InChI=1S/C27H34N4O4/c1-4-9-18-12-13-21-24-23(25(33)28-14-8-15-29(2)3)20(17-32)22(16-30(21)26(18)34)31(24)27(35)19-10-6-5-7-11-19/h4-7,9-13,20,22-24,32H,8,14-17H2,1-3H3,(H,28,33)/b9-4+/t20-,22-,23+,24+/m0/s1. The van der Waals surface area contributed by atoms with Crippen LogP contribution in [0, 0.1) is 11.8 Å². The fourth-order valence-electron chi connectivity index (χ4n) is 5.46. The van der Waals surface area contributed by atoms with Crippen molar-refractivity contribution in [2.45, 2.75) is 32.0 Å². The van der Waals surface area contributed by atoms with Gasteiger partial charge in [-0.05, 0) is 58.3 Å². The van der Waals surface area contributed by atoms with E-state index in [1.54, 1.807) is 45.9 Å². The third-order valence-electron chi connectivity index (χ3n) is 7.06. The van der Waals surface area contributed by atoms with Crippen molar-refractivity contribution in [1.29, 1.82) is 0 Å². The first-order chi connectivity index (χ1) is 16.9. The fourth-order valence-corrected chi connectivity index (χ4v) is 5.46. The molecule has 0 spiro atoms. The number of hydrogen-bond acceptors (Lipinski definition) is 5. The van der Waals surface area contributed by atoms with Gasteiger partial charge >= 0.3 is 0 Å². The van der Waals surface area contributed by atoms with Crippen LogP contribution >= 0.6 is 0 Å². The first kappa shape index (κ1) is 24.9. The third kappa shape index (κ3) is 4.68. The first-order valence-electron chi connectivity index (χ1n) is 12.2. The molecule has 4 atom stereocenters. The number of allylic oxidation sites excluding steroid dienone is 1. The number of aliphatic hydroxyl groups is 1. The lowest BCUT2D eigenvalue weighted by Crippen LogP contribution is -2.49. The van der Waals surface area contributed by atoms with Crippen LogP contribution in [-0.2, 0) is 11.3 Å². The molecule has 186 valence electrons. The zero-order valence-corrected chi connectivity index (χ0v) is 20.6. The molecule has 1 saturated heterocycles. The van der Waals surface area contributed by atoms with Crippen LogP contribution in [0.25, 0.3) is 6.08 Å². The molecule has 1 fully saturated rings. The van der Waals surface area contributed by atoms with Crippen molar-refractivity contribution in [2.75, 3.05) is 33.8 Å². The monoisotopic (exact) mass is 478 g/mol. The maximum absolute atomic E-state index is 13.7. The van der Waals surface area contributed by atoms with Crippen LogP contribution in [0.2, 0.25) is 0 Å². The minimum atomic E-state index is -0.655. The maximum Gasteiger partial charge on any atom is 0.258 e. The van der Waals surface area contributed by atoms with Crippen LogP contribution in [0.5, 0.6) is 0 Å². The van der Waals surface area contributed by atoms with E-state index in [0.29, 0.717) is 23.4 Å². The van der Waals surface area contributed by atoms with Crippen molar-refractivity contribution < 1.29 is 14.7 Å². The maximum atomic E-state index is 13.7. The summed E-state index contributed by atoms with van der Waals surface area (Å²) >= 11 is 0. The summed E-state index contributed by atoms with van der Waals surface area (Å²) in [5.74, 6) is -1.53. The molecule has 0 radical (unpaired) electrons. The van der Waals surface area contributed by atoms with Gasteiger partial charge in [0.25, 0.3) is 11.5 Å². The molecule has 1 aromatic carbocycles. The smallest absolute Gasteiger partial charge is 0.258 e. The summed E-state index contributed by atoms with van der Waals surface area (Å²) in [5.41, 5.74) is 1.57. The molecule has 2 amide bonds. The van der Waals surface area contributed by atoms with Gasteiger partial charge in [0.2, 0.25) is 5.91 Å². The Bertz CT molecular complexity index is 1160. The van der Waals surface area contributed by atoms with E-state index < -0.39 is 23.9 Å². The van der Waals surface area contributed by atoms with Gasteiger partial charge in [0, 0.05) is 42.4 Å². The van der Waals surface area contributed by atoms with E-state index in [1.807, 2.05) is 39.2 Å². The first-order valence-corrected chi connectivity index (χ1v) is 12.2. The minimum Gasteiger partial charge on any atom is -0.396 e. The van der Waals surface area contributed by atoms with Crippen molar-refractivity contribution >= 4 is 17.9 Å². The molecule has 2 aliphatic rings. The molecular weight excluding hydrogens is 444 g/mol. The SMILES string of the molecule is C/C=C/c1ccc2n(c1=O)C[C@H]1[C@H](CO)[C@@H](C(=O)NCCCN(C)C)[C@@H]2N1C(=O)c1ccccc1. The summed E-state index contributed by atoms with van der Waals surface area (Å²) in [4.78, 5) is 44.2. The third-order valence-corrected chi connectivity index (χ3v) is 7.06. The number of carbonyl (C=O) groups excluding carboxylic acids is 2. The van der Waals surface area contributed by atoms with E-state index in [9.17, 15) is 19.5 Å². The van der Waals surface area contributed by atoms with E-state index in [2.05, 4.69) is 10.2 Å². The number of aliphatic hydroxyl groups excluding tert-OH is 1. The van der Waals surface area contributed by atoms with Gasteiger partial charge in [-0.25, -0.2) is 0 Å². The zero-order chi connectivity index (χ0) is 25.1. The summed E-state index contributed by atoms with van der Waals surface area (Å²) in [6, 6.07) is 11.4. The van der Waals surface area contributed by atoms with Crippen LogP contribution in [0.1, 0.15) is 41.0 Å². The number of nitrogens with one attached hydrogen (secondary N) is 1. The second-order valence-corrected chi connectivity index (χ2v) is 9.54. The van der Waals surface area contributed by atoms with Crippen LogP contribution < -0.4 is 10.9 Å². The molecule has 2 aromatic rings. The molecular formula is C27H34N4O4. The van der Waals surface area contributed by atoms with Crippen molar-refractivity contribution in [2.24, 2.45) is 11.8 Å². The molecule has 4 rings (SSSR count). The Hall–Kier alpha value is -3.23. The van der Waals surface area contributed by atoms with Crippen LogP contribution in [0.4, 0.5) is 0 Å². The van der Waals surface area contributed by atoms with Crippen molar-refractivity contribution in [3.05, 3.63) is 75.7 Å². The highest BCUT2D eigenvalue weighted by molar-refractivity contribution is 5.96. The Morgan fingerprint density at radius 3 is 2.57 bits per heavy atom. The van der Waals surface area contributed by atoms with E-state index in [1.165, 1.54) is 0 Å². The lowest BCUT2D eigenvalue weighted by atomic mass is 9.86. The molecule has 2 bridgehead atoms. The number of pyridine rings is 1. The predicted molar refractivity (Wildman–Crippen MR) is 135 cm³/mol. The highest BCUT2D eigenvalue weighted by Gasteiger charge is 2.57. The van der Waals surface area contributed by atoms with Crippen molar-refractivity contribution in [3.8, 4) is 0 Å². The van der Waals surface area contributed by atoms with Crippen LogP contribution in [-0.4, -0.2) is 71.1 Å². The number of aromatic nitrogens is 1. The summed E-state index contributed by atoms with van der Waals surface area (Å²) in [5, 5.41) is 13.4. The van der Waals surface area contributed by atoms with E-state index in [0.717, 1.165) is 13.0 Å². The molecule has 8 heteroatoms. The largest absolute Gasteiger partial charge is 0.396 e. The molecule has 0 saturated carbocycles. The van der Waals surface area contributed by atoms with Crippen LogP contribution in [0.15, 0.2) is 53.3 Å². The lowest BCUT2D eigenvalue weighted by molar-refractivity contribution is -0.127. The second kappa shape index (κ2) is 10.6. The average Bonchev–Trinajstić information content (AvgIpc) is 3.10. The van der Waals surface area contributed by atoms with E-state index >= 15 is 0 Å². The fraction of sp³-hybridized carbons (Fsp3) is 0.444. The molecule has 3 heterocycles. The molecule has 35 heavy (non-hydrogen) atoms. The van der Waals surface area contributed by atoms with Gasteiger partial charge in [-0.3, -0.25) is 14.4 Å². The van der Waals surface area contributed by atoms with Gasteiger partial charge in [0.1, 0.15) is 0 Å². The van der Waals surface area contributed by atoms with Crippen molar-refractivity contribution in [1.82, 2.24) is 19.7 Å². The molecule has 8 nitrogen and oxygen atoms in total. The zero-order valence-electron chi connectivity index (χ0n) is 20.6. The average molecular weight is 479 g/mol. The molecule has 0 unspecified atom stereocenters. The van der Waals surface area contributed by atoms with Gasteiger partial charge in [0.15, 0.2) is 0 Å².